The van der Waals surface area contributed by atoms with Crippen LogP contribution < -0.4 is 4.74 Å². The van der Waals surface area contributed by atoms with Crippen LogP contribution in [-0.4, -0.2) is 19.7 Å². The molecule has 108 valence electrons. The van der Waals surface area contributed by atoms with Gasteiger partial charge in [0.1, 0.15) is 5.75 Å². The summed E-state index contributed by atoms with van der Waals surface area (Å²) < 4.78 is 10.6. The Morgan fingerprint density at radius 3 is 2.70 bits per heavy atom. The Kier molecular flexibility index (Phi) is 5.22. The molecule has 0 radical (unpaired) electrons. The number of ether oxygens (including phenoxy) is 2. The van der Waals surface area contributed by atoms with E-state index in [1.807, 2.05) is 25.1 Å². The molecular formula is C17H22O3. The fraction of sp³-hybridized carbons (Fsp3) is 0.471. The van der Waals surface area contributed by atoms with Crippen molar-refractivity contribution in [2.75, 3.05) is 13.7 Å². The highest BCUT2D eigenvalue weighted by Crippen LogP contribution is 2.30. The Morgan fingerprint density at radius 2 is 1.95 bits per heavy atom. The van der Waals surface area contributed by atoms with E-state index in [4.69, 9.17) is 9.47 Å². The van der Waals surface area contributed by atoms with Crippen LogP contribution in [-0.2, 0) is 16.0 Å². The lowest BCUT2D eigenvalue weighted by molar-refractivity contribution is -0.138. The molecule has 3 heteroatoms. The van der Waals surface area contributed by atoms with Crippen LogP contribution in [0.1, 0.15) is 38.2 Å². The van der Waals surface area contributed by atoms with Crippen molar-refractivity contribution >= 4 is 5.97 Å². The van der Waals surface area contributed by atoms with Crippen molar-refractivity contribution in [3.8, 4) is 5.75 Å². The number of benzene rings is 1. The van der Waals surface area contributed by atoms with Gasteiger partial charge in [0.25, 0.3) is 0 Å². The highest BCUT2D eigenvalue weighted by molar-refractivity contribution is 5.89. The zero-order valence-corrected chi connectivity index (χ0v) is 12.3. The van der Waals surface area contributed by atoms with Crippen molar-refractivity contribution in [2.45, 2.75) is 39.0 Å². The minimum Gasteiger partial charge on any atom is -0.496 e. The topological polar surface area (TPSA) is 35.5 Å². The Balaban J connectivity index is 2.25. The number of allylic oxidation sites excluding steroid dienone is 1. The van der Waals surface area contributed by atoms with E-state index in [0.717, 1.165) is 49.0 Å². The molecule has 0 atom stereocenters. The first-order valence-corrected chi connectivity index (χ1v) is 7.26. The monoisotopic (exact) mass is 274 g/mol. The first-order valence-electron chi connectivity index (χ1n) is 7.26. The molecule has 0 saturated carbocycles. The molecule has 0 spiro atoms. The smallest absolute Gasteiger partial charge is 0.333 e. The summed E-state index contributed by atoms with van der Waals surface area (Å²) >= 11 is 0. The molecule has 1 aliphatic rings. The van der Waals surface area contributed by atoms with Crippen LogP contribution in [0.15, 0.2) is 35.4 Å². The summed E-state index contributed by atoms with van der Waals surface area (Å²) in [7, 11) is 1.68. The molecule has 1 aliphatic carbocycles. The second kappa shape index (κ2) is 7.13. The van der Waals surface area contributed by atoms with E-state index in [9.17, 15) is 4.79 Å². The molecule has 0 fully saturated rings. The predicted octanol–water partition coefficient (Wildman–Crippen LogP) is 3.67. The SMILES string of the molecule is CCOC(=O)C1=C(Cc2ccccc2OC)CCCC1. The van der Waals surface area contributed by atoms with Gasteiger partial charge in [0.15, 0.2) is 0 Å². The minimum atomic E-state index is -0.142. The van der Waals surface area contributed by atoms with Gasteiger partial charge in [-0.25, -0.2) is 4.79 Å². The van der Waals surface area contributed by atoms with Gasteiger partial charge >= 0.3 is 5.97 Å². The Hall–Kier alpha value is -1.77. The average molecular weight is 274 g/mol. The van der Waals surface area contributed by atoms with Crippen LogP contribution in [0, 0.1) is 0 Å². The molecule has 1 aromatic rings. The van der Waals surface area contributed by atoms with E-state index in [1.165, 1.54) is 5.57 Å². The molecule has 0 unspecified atom stereocenters. The summed E-state index contributed by atoms with van der Waals surface area (Å²) in [5.41, 5.74) is 3.22. The molecule has 0 heterocycles. The van der Waals surface area contributed by atoms with Gasteiger partial charge in [-0.15, -0.1) is 0 Å². The molecule has 0 saturated heterocycles. The standard InChI is InChI=1S/C17H22O3/c1-3-20-17(18)15-10-6-4-8-13(15)12-14-9-5-7-11-16(14)19-2/h5,7,9,11H,3-4,6,8,10,12H2,1-2H3. The Bertz CT molecular complexity index is 503. The van der Waals surface area contributed by atoms with Crippen LogP contribution in [0.4, 0.5) is 0 Å². The Labute approximate surface area is 120 Å². The lowest BCUT2D eigenvalue weighted by Gasteiger charge is -2.20. The van der Waals surface area contributed by atoms with Gasteiger partial charge in [-0.3, -0.25) is 0 Å². The van der Waals surface area contributed by atoms with Crippen molar-refractivity contribution < 1.29 is 14.3 Å². The van der Waals surface area contributed by atoms with Crippen molar-refractivity contribution in [1.82, 2.24) is 0 Å². The molecule has 0 N–H and O–H groups in total. The average Bonchev–Trinajstić information content (AvgIpc) is 2.48. The highest BCUT2D eigenvalue weighted by Gasteiger charge is 2.20. The maximum atomic E-state index is 12.0. The zero-order chi connectivity index (χ0) is 14.4. The van der Waals surface area contributed by atoms with Gasteiger partial charge in [0, 0.05) is 5.57 Å². The number of rotatable bonds is 5. The van der Waals surface area contributed by atoms with Crippen molar-refractivity contribution in [1.29, 1.82) is 0 Å². The van der Waals surface area contributed by atoms with Gasteiger partial charge in [0.2, 0.25) is 0 Å². The molecular weight excluding hydrogens is 252 g/mol. The second-order valence-electron chi connectivity index (χ2n) is 5.00. The Morgan fingerprint density at radius 1 is 1.20 bits per heavy atom. The number of carbonyl (C=O) groups is 1. The van der Waals surface area contributed by atoms with Crippen LogP contribution in [0.5, 0.6) is 5.75 Å². The van der Waals surface area contributed by atoms with Crippen molar-refractivity contribution in [3.05, 3.63) is 41.0 Å². The van der Waals surface area contributed by atoms with Crippen LogP contribution in [0.3, 0.4) is 0 Å². The number of methoxy groups -OCH3 is 1. The maximum absolute atomic E-state index is 12.0. The molecule has 0 aliphatic heterocycles. The molecule has 0 bridgehead atoms. The summed E-state index contributed by atoms with van der Waals surface area (Å²) in [6.07, 6.45) is 4.81. The quantitative estimate of drug-likeness (QED) is 0.768. The molecule has 0 aromatic heterocycles. The number of carbonyl (C=O) groups excluding carboxylic acids is 1. The van der Waals surface area contributed by atoms with Gasteiger partial charge in [0.05, 0.1) is 13.7 Å². The number of para-hydroxylation sites is 1. The van der Waals surface area contributed by atoms with Crippen LogP contribution in [0.25, 0.3) is 0 Å². The molecule has 2 rings (SSSR count). The minimum absolute atomic E-state index is 0.142. The van der Waals surface area contributed by atoms with E-state index in [-0.39, 0.29) is 5.97 Å². The third-order valence-electron chi connectivity index (χ3n) is 3.70. The van der Waals surface area contributed by atoms with Gasteiger partial charge in [-0.2, -0.15) is 0 Å². The van der Waals surface area contributed by atoms with Crippen molar-refractivity contribution in [3.63, 3.8) is 0 Å². The normalized spacial score (nSPS) is 15.1. The van der Waals surface area contributed by atoms with E-state index >= 15 is 0 Å². The van der Waals surface area contributed by atoms with Gasteiger partial charge < -0.3 is 9.47 Å². The van der Waals surface area contributed by atoms with E-state index in [0.29, 0.717) is 6.61 Å². The summed E-state index contributed by atoms with van der Waals surface area (Å²) in [6.45, 7) is 2.28. The molecule has 0 amide bonds. The zero-order valence-electron chi connectivity index (χ0n) is 12.3. The van der Waals surface area contributed by atoms with Gasteiger partial charge in [-0.05, 0) is 50.7 Å². The molecule has 1 aromatic carbocycles. The fourth-order valence-electron chi connectivity index (χ4n) is 2.71. The summed E-state index contributed by atoms with van der Waals surface area (Å²) in [4.78, 5) is 12.0. The summed E-state index contributed by atoms with van der Waals surface area (Å²) in [5, 5.41) is 0. The lowest BCUT2D eigenvalue weighted by atomic mass is 9.87. The number of hydrogen-bond donors (Lipinski definition) is 0. The summed E-state index contributed by atoms with van der Waals surface area (Å²) in [6, 6.07) is 7.99. The number of esters is 1. The van der Waals surface area contributed by atoms with Gasteiger partial charge in [-0.1, -0.05) is 23.8 Å². The van der Waals surface area contributed by atoms with Crippen molar-refractivity contribution in [2.24, 2.45) is 0 Å². The highest BCUT2D eigenvalue weighted by atomic mass is 16.5. The van der Waals surface area contributed by atoms with E-state index < -0.39 is 0 Å². The third-order valence-corrected chi connectivity index (χ3v) is 3.70. The first kappa shape index (κ1) is 14.6. The lowest BCUT2D eigenvalue weighted by Crippen LogP contribution is -2.14. The fourth-order valence-corrected chi connectivity index (χ4v) is 2.71. The maximum Gasteiger partial charge on any atom is 0.333 e. The van der Waals surface area contributed by atoms with E-state index in [2.05, 4.69) is 6.07 Å². The first-order chi connectivity index (χ1) is 9.76. The molecule has 3 nitrogen and oxygen atoms in total. The third kappa shape index (κ3) is 3.41. The number of hydrogen-bond acceptors (Lipinski definition) is 3. The largest absolute Gasteiger partial charge is 0.496 e. The predicted molar refractivity (Wildman–Crippen MR) is 78.8 cm³/mol. The second-order valence-corrected chi connectivity index (χ2v) is 5.00. The van der Waals surface area contributed by atoms with Crippen LogP contribution >= 0.6 is 0 Å². The van der Waals surface area contributed by atoms with Crippen LogP contribution in [0.2, 0.25) is 0 Å². The van der Waals surface area contributed by atoms with E-state index in [1.54, 1.807) is 7.11 Å². The molecule has 20 heavy (non-hydrogen) atoms. The summed E-state index contributed by atoms with van der Waals surface area (Å²) in [5.74, 6) is 0.742.